The zero-order chi connectivity index (χ0) is 14.8. The van der Waals surface area contributed by atoms with Crippen molar-refractivity contribution in [2.45, 2.75) is 51.4 Å². The maximum absolute atomic E-state index is 11.6. The number of rotatable bonds is 4. The topological polar surface area (TPSA) is 50.4 Å². The number of halogens is 1. The van der Waals surface area contributed by atoms with E-state index in [9.17, 15) is 4.79 Å². The van der Waals surface area contributed by atoms with Gasteiger partial charge in [-0.05, 0) is 38.8 Å². The number of benzene rings is 1. The highest BCUT2D eigenvalue weighted by Gasteiger charge is 2.38. The molecule has 0 spiro atoms. The maximum atomic E-state index is 11.6. The molecule has 0 aromatic heterocycles. The average molecular weight is 297 g/mol. The predicted molar refractivity (Wildman–Crippen MR) is 79.9 cm³/mol. The predicted octanol–water partition coefficient (Wildman–Crippen LogP) is 3.10. The lowest BCUT2D eigenvalue weighted by Crippen LogP contribution is -2.36. The summed E-state index contributed by atoms with van der Waals surface area (Å²) < 4.78 is 5.22. The Labute approximate surface area is 124 Å². The van der Waals surface area contributed by atoms with Gasteiger partial charge in [0.1, 0.15) is 5.60 Å². The third-order valence-electron chi connectivity index (χ3n) is 3.01. The molecule has 2 N–H and O–H groups in total. The first-order chi connectivity index (χ1) is 9.35. The van der Waals surface area contributed by atoms with Crippen molar-refractivity contribution in [3.63, 3.8) is 0 Å². The monoisotopic (exact) mass is 296 g/mol. The van der Waals surface area contributed by atoms with Crippen LogP contribution in [0.15, 0.2) is 24.3 Å². The second kappa shape index (κ2) is 6.02. The van der Waals surface area contributed by atoms with Crippen LogP contribution in [0.25, 0.3) is 0 Å². The van der Waals surface area contributed by atoms with Gasteiger partial charge >= 0.3 is 6.09 Å². The van der Waals surface area contributed by atoms with Crippen LogP contribution in [0, 0.1) is 0 Å². The highest BCUT2D eigenvalue weighted by Crippen LogP contribution is 2.23. The summed E-state index contributed by atoms with van der Waals surface area (Å²) in [6.45, 7) is 6.27. The smallest absolute Gasteiger partial charge is 0.407 e. The molecule has 0 saturated heterocycles. The number of ether oxygens (including phenoxy) is 1. The van der Waals surface area contributed by atoms with Gasteiger partial charge in [-0.15, -0.1) is 0 Å². The van der Waals surface area contributed by atoms with Crippen LogP contribution in [0.1, 0.15) is 32.8 Å². The number of amides is 1. The molecule has 5 heteroatoms. The number of nitrogens with one attached hydrogen (secondary N) is 2. The second-order valence-corrected chi connectivity index (χ2v) is 6.47. The largest absolute Gasteiger partial charge is 0.444 e. The van der Waals surface area contributed by atoms with Crippen LogP contribution in [0.3, 0.4) is 0 Å². The van der Waals surface area contributed by atoms with Gasteiger partial charge in [0.2, 0.25) is 0 Å². The molecule has 1 aliphatic rings. The number of hydrogen-bond donors (Lipinski definition) is 2. The van der Waals surface area contributed by atoms with Gasteiger partial charge in [0.25, 0.3) is 0 Å². The van der Waals surface area contributed by atoms with Gasteiger partial charge in [-0.25, -0.2) is 4.79 Å². The number of carbonyl (C=O) groups excluding carboxylic acids is 1. The first-order valence-electron chi connectivity index (χ1n) is 6.81. The fourth-order valence-corrected chi connectivity index (χ4v) is 2.12. The van der Waals surface area contributed by atoms with Crippen molar-refractivity contribution in [3.05, 3.63) is 34.9 Å². The molecule has 1 aromatic rings. The van der Waals surface area contributed by atoms with E-state index in [1.165, 1.54) is 0 Å². The fourth-order valence-electron chi connectivity index (χ4n) is 1.92. The molecule has 0 bridgehead atoms. The molecule has 1 aromatic carbocycles. The maximum Gasteiger partial charge on any atom is 0.407 e. The molecule has 1 saturated carbocycles. The van der Waals surface area contributed by atoms with E-state index in [0.29, 0.717) is 12.6 Å². The average Bonchev–Trinajstić information content (AvgIpc) is 3.03. The van der Waals surface area contributed by atoms with Crippen molar-refractivity contribution >= 4 is 17.7 Å². The first kappa shape index (κ1) is 15.1. The minimum atomic E-state index is -0.459. The Bertz CT molecular complexity index is 485. The molecule has 110 valence electrons. The Balaban J connectivity index is 1.71. The van der Waals surface area contributed by atoms with Gasteiger partial charge in [0.05, 0.1) is 0 Å². The highest BCUT2D eigenvalue weighted by atomic mass is 35.5. The Kier molecular flexibility index (Phi) is 4.55. The van der Waals surface area contributed by atoms with Gasteiger partial charge < -0.3 is 15.4 Å². The zero-order valence-corrected chi connectivity index (χ0v) is 12.8. The van der Waals surface area contributed by atoms with Gasteiger partial charge in [-0.3, -0.25) is 0 Å². The van der Waals surface area contributed by atoms with Gasteiger partial charge in [-0.2, -0.15) is 0 Å². The molecule has 1 aliphatic carbocycles. The molecule has 1 fully saturated rings. The van der Waals surface area contributed by atoms with Gasteiger partial charge in [0.15, 0.2) is 0 Å². The van der Waals surface area contributed by atoms with E-state index in [4.69, 9.17) is 16.3 Å². The van der Waals surface area contributed by atoms with Gasteiger partial charge in [-0.1, -0.05) is 29.8 Å². The van der Waals surface area contributed by atoms with Crippen molar-refractivity contribution < 1.29 is 9.53 Å². The van der Waals surface area contributed by atoms with E-state index >= 15 is 0 Å². The lowest BCUT2D eigenvalue weighted by atomic mass is 10.2. The lowest BCUT2D eigenvalue weighted by Gasteiger charge is -2.19. The molecule has 2 unspecified atom stereocenters. The summed E-state index contributed by atoms with van der Waals surface area (Å²) in [5, 5.41) is 6.99. The quantitative estimate of drug-likeness (QED) is 0.897. The highest BCUT2D eigenvalue weighted by molar-refractivity contribution is 6.31. The summed E-state index contributed by atoms with van der Waals surface area (Å²) in [6, 6.07) is 8.18. The summed E-state index contributed by atoms with van der Waals surface area (Å²) >= 11 is 6.09. The van der Waals surface area contributed by atoms with Crippen molar-refractivity contribution in [2.24, 2.45) is 0 Å². The third-order valence-corrected chi connectivity index (χ3v) is 3.37. The third kappa shape index (κ3) is 4.69. The molecule has 0 radical (unpaired) electrons. The van der Waals surface area contributed by atoms with Crippen LogP contribution in [-0.4, -0.2) is 23.8 Å². The van der Waals surface area contributed by atoms with Gasteiger partial charge in [0, 0.05) is 23.7 Å². The zero-order valence-electron chi connectivity index (χ0n) is 12.1. The van der Waals surface area contributed by atoms with E-state index in [2.05, 4.69) is 10.6 Å². The normalized spacial score (nSPS) is 21.4. The number of carbonyl (C=O) groups is 1. The summed E-state index contributed by atoms with van der Waals surface area (Å²) in [5.41, 5.74) is 0.608. The lowest BCUT2D eigenvalue weighted by molar-refractivity contribution is 0.0522. The Morgan fingerprint density at radius 2 is 2.05 bits per heavy atom. The molecule has 1 amide bonds. The number of hydrogen-bond acceptors (Lipinski definition) is 3. The van der Waals surface area contributed by atoms with Crippen LogP contribution in [0.2, 0.25) is 5.02 Å². The summed E-state index contributed by atoms with van der Waals surface area (Å²) in [5.74, 6) is 0. The molecule has 2 rings (SSSR count). The van der Waals surface area contributed by atoms with Crippen LogP contribution in [-0.2, 0) is 11.3 Å². The molecule has 20 heavy (non-hydrogen) atoms. The molecule has 0 heterocycles. The van der Waals surface area contributed by atoms with E-state index in [1.807, 2.05) is 45.0 Å². The van der Waals surface area contributed by atoms with E-state index in [0.717, 1.165) is 17.0 Å². The van der Waals surface area contributed by atoms with Crippen LogP contribution in [0.5, 0.6) is 0 Å². The Hall–Kier alpha value is -1.26. The Morgan fingerprint density at radius 3 is 2.70 bits per heavy atom. The van der Waals surface area contributed by atoms with Crippen molar-refractivity contribution in [1.29, 1.82) is 0 Å². The van der Waals surface area contributed by atoms with Crippen LogP contribution < -0.4 is 10.6 Å². The molecule has 2 atom stereocenters. The van der Waals surface area contributed by atoms with Crippen molar-refractivity contribution in [3.8, 4) is 0 Å². The standard InChI is InChI=1S/C15H21ClN2O2/c1-15(2,3)20-14(19)18-13-8-12(13)17-9-10-6-4-5-7-11(10)16/h4-7,12-13,17H,8-9H2,1-3H3,(H,18,19). The SMILES string of the molecule is CC(C)(C)OC(=O)NC1CC1NCc1ccccc1Cl. The number of alkyl carbamates (subject to hydrolysis) is 1. The van der Waals surface area contributed by atoms with Crippen molar-refractivity contribution in [1.82, 2.24) is 10.6 Å². The molecule has 4 nitrogen and oxygen atoms in total. The van der Waals surface area contributed by atoms with Crippen molar-refractivity contribution in [2.75, 3.05) is 0 Å². The molecule has 0 aliphatic heterocycles. The van der Waals surface area contributed by atoms with Crippen LogP contribution >= 0.6 is 11.6 Å². The minimum Gasteiger partial charge on any atom is -0.444 e. The minimum absolute atomic E-state index is 0.146. The molecular formula is C15H21ClN2O2. The Morgan fingerprint density at radius 1 is 1.35 bits per heavy atom. The fraction of sp³-hybridized carbons (Fsp3) is 0.533. The summed E-state index contributed by atoms with van der Waals surface area (Å²) in [4.78, 5) is 11.6. The van der Waals surface area contributed by atoms with E-state index in [-0.39, 0.29) is 12.1 Å². The van der Waals surface area contributed by atoms with E-state index in [1.54, 1.807) is 0 Å². The first-order valence-corrected chi connectivity index (χ1v) is 7.19. The summed E-state index contributed by atoms with van der Waals surface area (Å²) in [7, 11) is 0. The molecular weight excluding hydrogens is 276 g/mol. The summed E-state index contributed by atoms with van der Waals surface area (Å²) in [6.07, 6.45) is 0.563. The van der Waals surface area contributed by atoms with E-state index < -0.39 is 5.60 Å². The van der Waals surface area contributed by atoms with Crippen LogP contribution in [0.4, 0.5) is 4.79 Å². The second-order valence-electron chi connectivity index (χ2n) is 6.07.